The highest BCUT2D eigenvalue weighted by molar-refractivity contribution is 6.01. The largest absolute Gasteiger partial charge is 0.411 e. The summed E-state index contributed by atoms with van der Waals surface area (Å²) in [5, 5.41) is 26.1. The molecule has 92 valence electrons. The van der Waals surface area contributed by atoms with E-state index in [0.29, 0.717) is 12.8 Å². The Morgan fingerprint density at radius 1 is 1.26 bits per heavy atom. The maximum Gasteiger partial charge on any atom is 0.123 e. The van der Waals surface area contributed by atoms with Crippen molar-refractivity contribution in [3.63, 3.8) is 0 Å². The van der Waals surface area contributed by atoms with E-state index in [1.165, 1.54) is 5.57 Å². The van der Waals surface area contributed by atoms with Gasteiger partial charge in [-0.1, -0.05) is 23.4 Å². The summed E-state index contributed by atoms with van der Waals surface area (Å²) in [7, 11) is 0. The van der Waals surface area contributed by atoms with E-state index in [0.717, 1.165) is 33.1 Å². The molecule has 0 saturated carbocycles. The molecule has 0 fully saturated rings. The van der Waals surface area contributed by atoms with Crippen LogP contribution < -0.4 is 10.6 Å². The molecule has 1 N–H and O–H groups in total. The number of hydrogen-bond acceptors (Lipinski definition) is 5. The minimum Gasteiger partial charge on any atom is -0.411 e. The van der Waals surface area contributed by atoms with Crippen molar-refractivity contribution < 1.29 is 5.21 Å². The van der Waals surface area contributed by atoms with Crippen molar-refractivity contribution in [2.45, 2.75) is 12.8 Å². The van der Waals surface area contributed by atoms with Gasteiger partial charge in [0, 0.05) is 18.4 Å². The molecule has 1 aliphatic heterocycles. The van der Waals surface area contributed by atoms with Crippen molar-refractivity contribution in [1.29, 1.82) is 0 Å². The molecule has 1 heterocycles. The third kappa shape index (κ3) is 1.41. The summed E-state index contributed by atoms with van der Waals surface area (Å²) in [4.78, 5) is 0. The standard InChI is InChI=1S/C14H10N4O/c19-17-9-3-1-2-8-6-12-10(11(8)7-9)4-5-13-14(12)16-18-15-13/h1-2,4-6,19H,3,7H2. The normalized spacial score (nSPS) is 20.7. The Kier molecular flexibility index (Phi) is 2.03. The number of hydrogen-bond donors (Lipinski definition) is 1. The zero-order chi connectivity index (χ0) is 12.8. The molecule has 0 unspecified atom stereocenters. The number of allylic oxidation sites excluding steroid dienone is 3. The first-order chi connectivity index (χ1) is 9.36. The molecule has 5 heteroatoms. The predicted octanol–water partition coefficient (Wildman–Crippen LogP) is 2.05. The lowest BCUT2D eigenvalue weighted by Gasteiger charge is -2.02. The first-order valence-corrected chi connectivity index (χ1v) is 6.10. The van der Waals surface area contributed by atoms with E-state index in [1.807, 2.05) is 18.2 Å². The second-order valence-corrected chi connectivity index (χ2v) is 4.71. The van der Waals surface area contributed by atoms with E-state index in [2.05, 4.69) is 32.7 Å². The number of fused-ring (bicyclic) bond motifs is 4. The molecule has 0 saturated heterocycles. The van der Waals surface area contributed by atoms with E-state index in [4.69, 9.17) is 5.21 Å². The van der Waals surface area contributed by atoms with Gasteiger partial charge >= 0.3 is 0 Å². The summed E-state index contributed by atoms with van der Waals surface area (Å²) in [6.45, 7) is 0. The number of oxime groups is 1. The molecule has 0 amide bonds. The molecule has 19 heavy (non-hydrogen) atoms. The van der Waals surface area contributed by atoms with Crippen LogP contribution >= 0.6 is 0 Å². The van der Waals surface area contributed by atoms with E-state index in [-0.39, 0.29) is 0 Å². The van der Waals surface area contributed by atoms with E-state index >= 15 is 0 Å². The molecule has 5 nitrogen and oxygen atoms in total. The Morgan fingerprint density at radius 3 is 3.11 bits per heavy atom. The van der Waals surface area contributed by atoms with Crippen molar-refractivity contribution >= 4 is 23.0 Å². The summed E-state index contributed by atoms with van der Waals surface area (Å²) in [6.07, 6.45) is 7.55. The fourth-order valence-corrected chi connectivity index (χ4v) is 2.73. The minimum atomic E-state index is 0.662. The number of rotatable bonds is 0. The molecule has 1 aromatic rings. The fourth-order valence-electron chi connectivity index (χ4n) is 2.73. The Bertz CT molecular complexity index is 828. The molecule has 1 aromatic carbocycles. The zero-order valence-corrected chi connectivity index (χ0v) is 10.0. The first kappa shape index (κ1) is 10.4. The van der Waals surface area contributed by atoms with Gasteiger partial charge in [0.1, 0.15) is 11.0 Å². The van der Waals surface area contributed by atoms with E-state index in [9.17, 15) is 0 Å². The van der Waals surface area contributed by atoms with Gasteiger partial charge in [-0.05, 0) is 33.7 Å². The summed E-state index contributed by atoms with van der Waals surface area (Å²) >= 11 is 0. The van der Waals surface area contributed by atoms with Crippen LogP contribution in [0, 0.1) is 0 Å². The van der Waals surface area contributed by atoms with Crippen LogP contribution in [0.3, 0.4) is 0 Å². The van der Waals surface area contributed by atoms with Gasteiger partial charge < -0.3 is 5.21 Å². The summed E-state index contributed by atoms with van der Waals surface area (Å²) in [5.74, 6) is 0. The van der Waals surface area contributed by atoms with Crippen LogP contribution in [-0.2, 0) is 0 Å². The second-order valence-electron chi connectivity index (χ2n) is 4.71. The van der Waals surface area contributed by atoms with Gasteiger partial charge in [0.15, 0.2) is 0 Å². The Balaban J connectivity index is 2.03. The molecule has 0 bridgehead atoms. The highest BCUT2D eigenvalue weighted by Gasteiger charge is 2.21. The van der Waals surface area contributed by atoms with E-state index in [1.54, 1.807) is 0 Å². The third-order valence-electron chi connectivity index (χ3n) is 3.64. The molecule has 3 aliphatic rings. The average molecular weight is 250 g/mol. The van der Waals surface area contributed by atoms with Crippen LogP contribution in [0.2, 0.25) is 0 Å². The lowest BCUT2D eigenvalue weighted by Crippen LogP contribution is -2.13. The van der Waals surface area contributed by atoms with Crippen LogP contribution in [0.4, 0.5) is 5.69 Å². The zero-order valence-electron chi connectivity index (χ0n) is 10.0. The van der Waals surface area contributed by atoms with Crippen LogP contribution in [0.15, 0.2) is 50.5 Å². The van der Waals surface area contributed by atoms with Crippen molar-refractivity contribution in [3.8, 4) is 0 Å². The first-order valence-electron chi connectivity index (χ1n) is 6.10. The molecule has 0 spiro atoms. The minimum absolute atomic E-state index is 0.662. The predicted molar refractivity (Wildman–Crippen MR) is 70.7 cm³/mol. The maximum atomic E-state index is 9.01. The molecule has 0 atom stereocenters. The van der Waals surface area contributed by atoms with Gasteiger partial charge in [0.2, 0.25) is 0 Å². The molecule has 4 rings (SSSR count). The van der Waals surface area contributed by atoms with Gasteiger partial charge in [-0.25, -0.2) is 0 Å². The summed E-state index contributed by atoms with van der Waals surface area (Å²) in [6, 6.07) is 3.98. The lowest BCUT2D eigenvalue weighted by atomic mass is 10.0. The van der Waals surface area contributed by atoms with Crippen LogP contribution in [0.25, 0.3) is 11.6 Å². The Hall–Kier alpha value is -2.56. The monoisotopic (exact) mass is 250 g/mol. The highest BCUT2D eigenvalue weighted by Crippen LogP contribution is 2.31. The van der Waals surface area contributed by atoms with Crippen molar-refractivity contribution in [1.82, 2.24) is 0 Å². The van der Waals surface area contributed by atoms with Crippen LogP contribution in [-0.4, -0.2) is 10.9 Å². The average Bonchev–Trinajstić information content (AvgIpc) is 2.97. The number of benzene rings is 1. The van der Waals surface area contributed by atoms with Crippen LogP contribution in [0.5, 0.6) is 0 Å². The number of nitrogens with zero attached hydrogens (tertiary/aromatic N) is 4. The second kappa shape index (κ2) is 3.71. The Labute approximate surface area is 108 Å². The van der Waals surface area contributed by atoms with Gasteiger partial charge in [0.05, 0.1) is 5.71 Å². The molecule has 2 aliphatic carbocycles. The third-order valence-corrected chi connectivity index (χ3v) is 3.64. The molecule has 0 aromatic heterocycles. The highest BCUT2D eigenvalue weighted by atomic mass is 16.4. The Morgan fingerprint density at radius 2 is 2.21 bits per heavy atom. The quantitative estimate of drug-likeness (QED) is 0.555. The SMILES string of the molecule is ON=C1CC=CC2=Cc3c4c(ccc3=C2C1)=NN=N4. The van der Waals surface area contributed by atoms with Gasteiger partial charge in [0.25, 0.3) is 0 Å². The summed E-state index contributed by atoms with van der Waals surface area (Å²) in [5.41, 5.74) is 5.01. The van der Waals surface area contributed by atoms with Gasteiger partial charge in [-0.2, -0.15) is 0 Å². The molecular weight excluding hydrogens is 240 g/mol. The van der Waals surface area contributed by atoms with Gasteiger partial charge in [-0.3, -0.25) is 0 Å². The summed E-state index contributed by atoms with van der Waals surface area (Å²) < 4.78 is 0. The molecule has 0 radical (unpaired) electrons. The lowest BCUT2D eigenvalue weighted by molar-refractivity contribution is 0.317. The van der Waals surface area contributed by atoms with Crippen molar-refractivity contribution in [3.05, 3.63) is 46.0 Å². The van der Waals surface area contributed by atoms with E-state index < -0.39 is 0 Å². The smallest absolute Gasteiger partial charge is 0.123 e. The van der Waals surface area contributed by atoms with Gasteiger partial charge in [-0.15, -0.1) is 10.2 Å². The maximum absolute atomic E-state index is 9.01. The fraction of sp³-hybridized carbons (Fsp3) is 0.143. The molecular formula is C14H10N4O. The van der Waals surface area contributed by atoms with Crippen molar-refractivity contribution in [2.75, 3.05) is 0 Å². The van der Waals surface area contributed by atoms with Crippen molar-refractivity contribution in [2.24, 2.45) is 20.6 Å². The van der Waals surface area contributed by atoms with Crippen LogP contribution in [0.1, 0.15) is 18.4 Å². The topological polar surface area (TPSA) is 69.7 Å².